The molecule has 5 fully saturated rings. The second-order valence-electron chi connectivity index (χ2n) is 23.3. The molecule has 7 aliphatic rings. The van der Waals surface area contributed by atoms with E-state index in [9.17, 15) is 0 Å². The number of aromatic nitrogens is 2. The van der Waals surface area contributed by atoms with Crippen LogP contribution in [-0.4, -0.2) is 108 Å². The molecule has 0 saturated carbocycles. The van der Waals surface area contributed by atoms with Crippen LogP contribution >= 0.6 is 0 Å². The van der Waals surface area contributed by atoms with E-state index in [4.69, 9.17) is 4.99 Å². The van der Waals surface area contributed by atoms with E-state index in [1.165, 1.54) is 72.8 Å². The average Bonchev–Trinajstić information content (AvgIpc) is 4.51. The zero-order chi connectivity index (χ0) is 50.6. The lowest BCUT2D eigenvalue weighted by Gasteiger charge is -2.36. The molecule has 5 unspecified atom stereocenters. The summed E-state index contributed by atoms with van der Waals surface area (Å²) in [6.07, 6.45) is 0. The Hall–Kier alpha value is -7.59. The Kier molecular flexibility index (Phi) is 10.5. The van der Waals surface area contributed by atoms with Gasteiger partial charge in [-0.15, -0.1) is 0 Å². The molecule has 8 bridgehead atoms. The highest BCUT2D eigenvalue weighted by Crippen LogP contribution is 2.66. The lowest BCUT2D eigenvalue weighted by atomic mass is 9.63. The third kappa shape index (κ3) is 6.80. The molecule has 0 spiro atoms. The van der Waals surface area contributed by atoms with Crippen molar-refractivity contribution in [3.05, 3.63) is 273 Å². The second kappa shape index (κ2) is 17.5. The molecule has 0 aliphatic carbocycles. The number of H-pyrrole nitrogens is 2. The van der Waals surface area contributed by atoms with Crippen LogP contribution in [0.5, 0.6) is 0 Å². The van der Waals surface area contributed by atoms with E-state index in [2.05, 4.69) is 255 Å². The Morgan fingerprint density at radius 1 is 0.421 bits per heavy atom. The monoisotopic (exact) mass is 993 g/mol. The normalized spacial score (nSPS) is 30.5. The lowest BCUT2D eigenvalue weighted by Crippen LogP contribution is -2.48. The van der Waals surface area contributed by atoms with Crippen molar-refractivity contribution < 1.29 is 0 Å². The fourth-order valence-electron chi connectivity index (χ4n) is 16.1. The van der Waals surface area contributed by atoms with Crippen LogP contribution < -0.4 is 16.0 Å². The first-order valence-corrected chi connectivity index (χ1v) is 27.4. The molecule has 3 N–H and O–H groups in total. The van der Waals surface area contributed by atoms with E-state index < -0.39 is 0 Å². The molecule has 15 rings (SSSR count). The predicted molar refractivity (Wildman–Crippen MR) is 306 cm³/mol. The van der Waals surface area contributed by atoms with Gasteiger partial charge in [0.05, 0.1) is 28.3 Å². The summed E-state index contributed by atoms with van der Waals surface area (Å²) in [6.45, 7) is 9.17. The maximum Gasteiger partial charge on any atom is 0.0628 e. The molecule has 376 valence electrons. The first-order valence-electron chi connectivity index (χ1n) is 27.4. The fraction of sp³-hybridized carbons (Fsp3) is 0.250. The third-order valence-electron chi connectivity index (χ3n) is 18.7. The van der Waals surface area contributed by atoms with Crippen molar-refractivity contribution in [1.29, 1.82) is 0 Å². The van der Waals surface area contributed by atoms with E-state index >= 15 is 0 Å². The van der Waals surface area contributed by atoms with Gasteiger partial charge in [0.2, 0.25) is 0 Å². The molecule has 8 heteroatoms. The van der Waals surface area contributed by atoms with Gasteiger partial charge in [-0.1, -0.05) is 182 Å². The Morgan fingerprint density at radius 2 is 0.882 bits per heavy atom. The molecule has 76 heavy (non-hydrogen) atoms. The smallest absolute Gasteiger partial charge is 0.0628 e. The molecule has 8 aromatic rings. The predicted octanol–water partition coefficient (Wildman–Crippen LogP) is 9.27. The number of hydrogen-bond donors (Lipinski definition) is 3. The topological polar surface area (TPSA) is 68.9 Å². The molecule has 0 radical (unpaired) electrons. The maximum atomic E-state index is 6.29. The van der Waals surface area contributed by atoms with Gasteiger partial charge < -0.3 is 25.1 Å². The number of nitrogens with zero attached hydrogens (tertiary/aromatic N) is 5. The molecule has 7 aliphatic heterocycles. The standard InChI is InChI=1S/C68H64N8/c1-73-39-65-43-75(37-47-21-9-3-10-22-47)44-66(65,40-73)62-58(50-27-15-6-16-28-50)54-34-36-56(70-54)60(52-31-19-8-20-32-52)64-68-42-74(2)41-67(68,45-76(46-68)38-48-23-11-4-12-24-48)63(72-64)59(51-29-17-7-18-30-51)55-35-33-53(69-55)57(61(65)71-62)49-25-13-5-14-26-49/h3-36,61,69-71H,37-46H2,1-2H3/b57-53-,59-55-,62-58-,64-60-. The van der Waals surface area contributed by atoms with Crippen molar-refractivity contribution in [2.75, 3.05) is 66.5 Å². The number of aromatic amines is 2. The van der Waals surface area contributed by atoms with Gasteiger partial charge in [-0.2, -0.15) is 0 Å². The van der Waals surface area contributed by atoms with Crippen molar-refractivity contribution in [2.24, 2.45) is 26.7 Å². The molecule has 5 atom stereocenters. The summed E-state index contributed by atoms with van der Waals surface area (Å²) < 4.78 is 0. The van der Waals surface area contributed by atoms with Gasteiger partial charge >= 0.3 is 0 Å². The molecule has 9 heterocycles. The van der Waals surface area contributed by atoms with Gasteiger partial charge in [-0.3, -0.25) is 14.8 Å². The number of benzene rings is 6. The quantitative estimate of drug-likeness (QED) is 0.142. The summed E-state index contributed by atoms with van der Waals surface area (Å²) in [5.41, 5.74) is 17.3. The first kappa shape index (κ1) is 45.8. The molecule has 6 aromatic carbocycles. The van der Waals surface area contributed by atoms with Crippen LogP contribution in [-0.2, 0) is 13.1 Å². The number of nitrogens with one attached hydrogen (secondary N) is 3. The van der Waals surface area contributed by atoms with E-state index in [1.807, 2.05) is 0 Å². The van der Waals surface area contributed by atoms with Crippen LogP contribution in [0.4, 0.5) is 0 Å². The van der Waals surface area contributed by atoms with Crippen molar-refractivity contribution in [1.82, 2.24) is 34.9 Å². The number of hydrogen-bond acceptors (Lipinski definition) is 6. The third-order valence-corrected chi connectivity index (χ3v) is 18.7. The van der Waals surface area contributed by atoms with Crippen LogP contribution in [0, 0.1) is 21.7 Å². The summed E-state index contributed by atoms with van der Waals surface area (Å²) in [4.78, 5) is 25.6. The van der Waals surface area contributed by atoms with Crippen molar-refractivity contribution >= 4 is 28.0 Å². The molecule has 2 aromatic heterocycles. The minimum absolute atomic E-state index is 0.0466. The van der Waals surface area contributed by atoms with Gasteiger partial charge in [0.25, 0.3) is 0 Å². The molecular weight excluding hydrogens is 929 g/mol. The summed E-state index contributed by atoms with van der Waals surface area (Å²) >= 11 is 0. The van der Waals surface area contributed by atoms with E-state index in [-0.39, 0.29) is 27.7 Å². The maximum absolute atomic E-state index is 6.29. The van der Waals surface area contributed by atoms with Crippen LogP contribution in [0.15, 0.2) is 223 Å². The largest absolute Gasteiger partial charge is 0.380 e. The SMILES string of the molecule is CN1CC23CN(Cc4ccccc4)CC2(C1)/C1=C(\c2ccccc2)c2ccc([nH]2)/C(c2ccccc2)=C2\NC(/C(c4ccccc4)=c4/cc/c([nH]4)=C(\c4ccccc4)C3=N1)C13CN(C)CC21CN(Cc1ccccc1)C3. The summed E-state index contributed by atoms with van der Waals surface area (Å²) in [6, 6.07) is 76.6. The highest BCUT2D eigenvalue weighted by Gasteiger charge is 2.73. The second-order valence-corrected chi connectivity index (χ2v) is 23.3. The molecular formula is C68H64N8. The Bertz CT molecular complexity index is 3750. The minimum Gasteiger partial charge on any atom is -0.380 e. The van der Waals surface area contributed by atoms with Gasteiger partial charge in [0.15, 0.2) is 0 Å². The number of aliphatic imine (C=N–C) groups is 1. The van der Waals surface area contributed by atoms with Gasteiger partial charge in [0, 0.05) is 126 Å². The average molecular weight is 993 g/mol. The highest BCUT2D eigenvalue weighted by atomic mass is 15.3. The van der Waals surface area contributed by atoms with Gasteiger partial charge in [0.1, 0.15) is 0 Å². The number of rotatable bonds is 8. The number of likely N-dealkylation sites (tertiary alicyclic amines) is 4. The van der Waals surface area contributed by atoms with Crippen LogP contribution in [0.2, 0.25) is 0 Å². The van der Waals surface area contributed by atoms with Crippen molar-refractivity contribution in [3.8, 4) is 0 Å². The fourth-order valence-corrected chi connectivity index (χ4v) is 16.1. The van der Waals surface area contributed by atoms with E-state index in [0.29, 0.717) is 0 Å². The lowest BCUT2D eigenvalue weighted by molar-refractivity contribution is 0.207. The van der Waals surface area contributed by atoms with Crippen LogP contribution in [0.25, 0.3) is 22.3 Å². The van der Waals surface area contributed by atoms with E-state index in [1.54, 1.807) is 0 Å². The zero-order valence-electron chi connectivity index (χ0n) is 43.5. The van der Waals surface area contributed by atoms with Crippen LogP contribution in [0.3, 0.4) is 0 Å². The Morgan fingerprint density at radius 3 is 1.50 bits per heavy atom. The summed E-state index contributed by atoms with van der Waals surface area (Å²) in [7, 11) is 4.70. The van der Waals surface area contributed by atoms with Gasteiger partial charge in [-0.25, -0.2) is 0 Å². The van der Waals surface area contributed by atoms with Crippen molar-refractivity contribution in [3.63, 3.8) is 0 Å². The first-order chi connectivity index (χ1) is 37.3. The number of fused-ring (bicyclic) bond motifs is 7. The minimum atomic E-state index is -0.326. The molecule has 0 amide bonds. The van der Waals surface area contributed by atoms with Crippen molar-refractivity contribution in [2.45, 2.75) is 19.1 Å². The zero-order valence-corrected chi connectivity index (χ0v) is 43.5. The highest BCUT2D eigenvalue weighted by molar-refractivity contribution is 6.28. The Labute approximate surface area is 446 Å². The van der Waals surface area contributed by atoms with E-state index in [0.717, 1.165) is 87.5 Å². The summed E-state index contributed by atoms with van der Waals surface area (Å²) in [5.74, 6) is 0. The molecule has 5 saturated heterocycles. The van der Waals surface area contributed by atoms with Crippen LogP contribution in [0.1, 0.15) is 44.8 Å². The van der Waals surface area contributed by atoms with Gasteiger partial charge in [-0.05, 0) is 71.7 Å². The summed E-state index contributed by atoms with van der Waals surface area (Å²) in [5, 5.41) is 6.81. The Balaban J connectivity index is 1.08. The molecule has 8 nitrogen and oxygen atoms in total.